The molecule has 2 aromatic rings. The van der Waals surface area contributed by atoms with Gasteiger partial charge < -0.3 is 10.2 Å². The number of amides is 1. The lowest BCUT2D eigenvalue weighted by Gasteiger charge is -2.17. The van der Waals surface area contributed by atoms with Gasteiger partial charge in [-0.25, -0.2) is 9.78 Å². The van der Waals surface area contributed by atoms with Crippen molar-refractivity contribution in [1.29, 1.82) is 0 Å². The van der Waals surface area contributed by atoms with Crippen molar-refractivity contribution in [3.63, 3.8) is 0 Å². The molecule has 0 aliphatic rings. The van der Waals surface area contributed by atoms with Gasteiger partial charge in [-0.15, -0.1) is 0 Å². The van der Waals surface area contributed by atoms with Crippen LogP contribution in [0.3, 0.4) is 0 Å². The van der Waals surface area contributed by atoms with Crippen LogP contribution >= 0.6 is 0 Å². The number of hydrogen-bond donors (Lipinski definition) is 1. The molecule has 0 unspecified atom stereocenters. The molecule has 2 rings (SSSR count). The molecule has 5 heteroatoms. The number of imidazole rings is 1. The molecule has 5 nitrogen and oxygen atoms in total. The highest BCUT2D eigenvalue weighted by molar-refractivity contribution is 5.94. The fourth-order valence-electron chi connectivity index (χ4n) is 1.53. The summed E-state index contributed by atoms with van der Waals surface area (Å²) >= 11 is 0. The second kappa shape index (κ2) is 4.69. The van der Waals surface area contributed by atoms with Gasteiger partial charge in [0.2, 0.25) is 0 Å². The molecule has 0 fully saturated rings. The molecule has 1 amide bonds. The third kappa shape index (κ3) is 2.44. The fourth-order valence-corrected chi connectivity index (χ4v) is 1.53. The van der Waals surface area contributed by atoms with Crippen molar-refractivity contribution in [2.75, 3.05) is 24.3 Å². The number of aromatic nitrogens is 2. The largest absolute Gasteiger partial charge is 0.376 e. The van der Waals surface area contributed by atoms with Crippen LogP contribution in [0.4, 0.5) is 16.2 Å². The summed E-state index contributed by atoms with van der Waals surface area (Å²) in [4.78, 5) is 17.6. The lowest BCUT2D eigenvalue weighted by Crippen LogP contribution is -2.20. The van der Waals surface area contributed by atoms with Crippen LogP contribution in [-0.4, -0.2) is 29.7 Å². The van der Waals surface area contributed by atoms with Crippen molar-refractivity contribution in [2.24, 2.45) is 0 Å². The zero-order valence-electron chi connectivity index (χ0n) is 9.79. The minimum absolute atomic E-state index is 0.225. The number of rotatable bonds is 2. The Balaban J connectivity index is 2.22. The predicted molar refractivity (Wildman–Crippen MR) is 67.4 cm³/mol. The Morgan fingerprint density at radius 3 is 2.76 bits per heavy atom. The summed E-state index contributed by atoms with van der Waals surface area (Å²) in [6, 6.07) is 7.41. The number of para-hydroxylation sites is 2. The van der Waals surface area contributed by atoms with E-state index in [1.165, 1.54) is 10.9 Å². The van der Waals surface area contributed by atoms with E-state index in [2.05, 4.69) is 10.3 Å². The monoisotopic (exact) mass is 230 g/mol. The molecule has 0 saturated heterocycles. The van der Waals surface area contributed by atoms with E-state index in [4.69, 9.17) is 0 Å². The van der Waals surface area contributed by atoms with Crippen molar-refractivity contribution in [3.05, 3.63) is 43.0 Å². The molecule has 1 aromatic carbocycles. The smallest absolute Gasteiger partial charge is 0.331 e. The van der Waals surface area contributed by atoms with Gasteiger partial charge in [0.1, 0.15) is 6.33 Å². The maximum absolute atomic E-state index is 11.8. The van der Waals surface area contributed by atoms with Gasteiger partial charge in [-0.1, -0.05) is 12.1 Å². The summed E-state index contributed by atoms with van der Waals surface area (Å²) in [5.74, 6) is 0. The first-order valence-electron chi connectivity index (χ1n) is 5.24. The molecule has 1 heterocycles. The lowest BCUT2D eigenvalue weighted by atomic mass is 10.2. The van der Waals surface area contributed by atoms with E-state index in [1.807, 2.05) is 43.3 Å². The van der Waals surface area contributed by atoms with E-state index >= 15 is 0 Å². The fraction of sp³-hybridized carbons (Fsp3) is 0.167. The first kappa shape index (κ1) is 11.2. The lowest BCUT2D eigenvalue weighted by molar-refractivity contribution is 0.253. The van der Waals surface area contributed by atoms with E-state index in [-0.39, 0.29) is 6.03 Å². The number of carbonyl (C=O) groups is 1. The Kier molecular flexibility index (Phi) is 3.09. The van der Waals surface area contributed by atoms with Gasteiger partial charge in [0.25, 0.3) is 0 Å². The van der Waals surface area contributed by atoms with Crippen molar-refractivity contribution in [3.8, 4) is 0 Å². The molecule has 1 aromatic heterocycles. The summed E-state index contributed by atoms with van der Waals surface area (Å²) in [7, 11) is 3.87. The van der Waals surface area contributed by atoms with E-state index in [1.54, 1.807) is 12.4 Å². The minimum atomic E-state index is -0.225. The molecular formula is C12H14N4O. The van der Waals surface area contributed by atoms with Crippen LogP contribution in [0.15, 0.2) is 43.0 Å². The van der Waals surface area contributed by atoms with E-state index in [0.29, 0.717) is 0 Å². The highest BCUT2D eigenvalue weighted by atomic mass is 16.2. The topological polar surface area (TPSA) is 50.2 Å². The van der Waals surface area contributed by atoms with Crippen LogP contribution in [0, 0.1) is 0 Å². The second-order valence-corrected chi connectivity index (χ2v) is 3.81. The van der Waals surface area contributed by atoms with Gasteiger partial charge in [0, 0.05) is 26.5 Å². The highest BCUT2D eigenvalue weighted by Crippen LogP contribution is 2.23. The molecule has 0 radical (unpaired) electrons. The molecule has 0 atom stereocenters. The second-order valence-electron chi connectivity index (χ2n) is 3.81. The Labute approximate surface area is 99.7 Å². The van der Waals surface area contributed by atoms with Gasteiger partial charge in [0.05, 0.1) is 11.4 Å². The van der Waals surface area contributed by atoms with Gasteiger partial charge in [0.15, 0.2) is 0 Å². The number of nitrogens with zero attached hydrogens (tertiary/aromatic N) is 3. The average molecular weight is 230 g/mol. The normalized spacial score (nSPS) is 10.0. The average Bonchev–Trinajstić information content (AvgIpc) is 2.83. The maximum Gasteiger partial charge on any atom is 0.331 e. The summed E-state index contributed by atoms with van der Waals surface area (Å²) in [5, 5.41) is 2.84. The van der Waals surface area contributed by atoms with Crippen molar-refractivity contribution < 1.29 is 4.79 Å². The molecule has 0 aliphatic carbocycles. The van der Waals surface area contributed by atoms with Crippen molar-refractivity contribution in [1.82, 2.24) is 9.55 Å². The summed E-state index contributed by atoms with van der Waals surface area (Å²) < 4.78 is 1.40. The Hall–Kier alpha value is -2.30. The van der Waals surface area contributed by atoms with Gasteiger partial charge in [-0.05, 0) is 12.1 Å². The quantitative estimate of drug-likeness (QED) is 0.858. The van der Waals surface area contributed by atoms with Crippen molar-refractivity contribution in [2.45, 2.75) is 0 Å². The Morgan fingerprint density at radius 2 is 2.12 bits per heavy atom. The number of nitrogens with one attached hydrogen (secondary N) is 1. The SMILES string of the molecule is CN(C)c1ccccc1NC(=O)n1ccnc1. The molecule has 1 N–H and O–H groups in total. The predicted octanol–water partition coefficient (Wildman–Crippen LogP) is 2.03. The molecule has 0 saturated carbocycles. The standard InChI is InChI=1S/C12H14N4O/c1-15(2)11-6-4-3-5-10(11)14-12(17)16-8-7-13-9-16/h3-9H,1-2H3,(H,14,17). The van der Waals surface area contributed by atoms with Crippen LogP contribution in [0.25, 0.3) is 0 Å². The van der Waals surface area contributed by atoms with Gasteiger partial charge >= 0.3 is 6.03 Å². The van der Waals surface area contributed by atoms with E-state index < -0.39 is 0 Å². The third-order valence-corrected chi connectivity index (χ3v) is 2.37. The zero-order valence-corrected chi connectivity index (χ0v) is 9.79. The van der Waals surface area contributed by atoms with Crippen LogP contribution in [0.1, 0.15) is 0 Å². The number of carbonyl (C=O) groups excluding carboxylic acids is 1. The van der Waals surface area contributed by atoms with Gasteiger partial charge in [-0.2, -0.15) is 0 Å². The number of benzene rings is 1. The summed E-state index contributed by atoms with van der Waals surface area (Å²) in [5.41, 5.74) is 1.73. The Morgan fingerprint density at radius 1 is 1.35 bits per heavy atom. The molecule has 0 bridgehead atoms. The van der Waals surface area contributed by atoms with E-state index in [9.17, 15) is 4.79 Å². The van der Waals surface area contributed by atoms with Crippen LogP contribution in [0.5, 0.6) is 0 Å². The first-order chi connectivity index (χ1) is 8.18. The maximum atomic E-state index is 11.8. The van der Waals surface area contributed by atoms with Crippen LogP contribution in [-0.2, 0) is 0 Å². The van der Waals surface area contributed by atoms with Gasteiger partial charge in [-0.3, -0.25) is 4.57 Å². The highest BCUT2D eigenvalue weighted by Gasteiger charge is 2.08. The molecule has 88 valence electrons. The minimum Gasteiger partial charge on any atom is -0.376 e. The zero-order chi connectivity index (χ0) is 12.3. The Bertz CT molecular complexity index is 505. The molecular weight excluding hydrogens is 216 g/mol. The third-order valence-electron chi connectivity index (χ3n) is 2.37. The summed E-state index contributed by atoms with van der Waals surface area (Å²) in [6.45, 7) is 0. The molecule has 0 spiro atoms. The van der Waals surface area contributed by atoms with E-state index in [0.717, 1.165) is 11.4 Å². The van der Waals surface area contributed by atoms with Crippen LogP contribution < -0.4 is 10.2 Å². The van der Waals surface area contributed by atoms with Crippen LogP contribution in [0.2, 0.25) is 0 Å². The summed E-state index contributed by atoms with van der Waals surface area (Å²) in [6.07, 6.45) is 4.64. The number of anilines is 2. The molecule has 0 aliphatic heterocycles. The first-order valence-corrected chi connectivity index (χ1v) is 5.24. The molecule has 17 heavy (non-hydrogen) atoms. The van der Waals surface area contributed by atoms with Crippen molar-refractivity contribution >= 4 is 17.4 Å². The number of hydrogen-bond acceptors (Lipinski definition) is 3.